The van der Waals surface area contributed by atoms with Gasteiger partial charge in [-0.3, -0.25) is 0 Å². The highest BCUT2D eigenvalue weighted by Crippen LogP contribution is 2.10. The first-order valence-corrected chi connectivity index (χ1v) is 8.05. The Morgan fingerprint density at radius 1 is 1.16 bits per heavy atom. The van der Waals surface area contributed by atoms with Crippen LogP contribution in [0.2, 0.25) is 0 Å². The fourth-order valence-corrected chi connectivity index (χ4v) is 2.46. The maximum atomic E-state index is 4.53. The predicted molar refractivity (Wildman–Crippen MR) is 82.4 cm³/mol. The lowest BCUT2D eigenvalue weighted by Crippen LogP contribution is -2.32. The van der Waals surface area contributed by atoms with E-state index in [2.05, 4.69) is 41.8 Å². The van der Waals surface area contributed by atoms with E-state index in [4.69, 9.17) is 0 Å². The molecular weight excluding hydrogens is 234 g/mol. The van der Waals surface area contributed by atoms with Crippen LogP contribution in [0, 0.1) is 0 Å². The summed E-state index contributed by atoms with van der Waals surface area (Å²) in [6.07, 6.45) is 12.7. The van der Waals surface area contributed by atoms with E-state index in [0.29, 0.717) is 6.04 Å². The minimum atomic E-state index is 0.588. The average Bonchev–Trinajstić information content (AvgIpc) is 2.84. The summed E-state index contributed by atoms with van der Waals surface area (Å²) in [5.74, 6) is 1.24. The molecule has 0 aliphatic rings. The zero-order valence-corrected chi connectivity index (χ0v) is 13.0. The average molecular weight is 265 g/mol. The third-order valence-electron chi connectivity index (χ3n) is 3.53. The molecule has 1 aromatic rings. The summed E-state index contributed by atoms with van der Waals surface area (Å²) in [7, 11) is 0. The Kier molecular flexibility index (Phi) is 8.55. The van der Waals surface area contributed by atoms with Crippen LogP contribution in [0.15, 0.2) is 12.4 Å². The van der Waals surface area contributed by atoms with Crippen molar-refractivity contribution in [3.05, 3.63) is 18.2 Å². The number of aryl methyl sites for hydroxylation is 1. The van der Waals surface area contributed by atoms with E-state index in [1.165, 1.54) is 44.3 Å². The molecule has 110 valence electrons. The third-order valence-corrected chi connectivity index (χ3v) is 3.53. The number of rotatable bonds is 11. The fourth-order valence-electron chi connectivity index (χ4n) is 2.46. The Morgan fingerprint density at radius 2 is 2.00 bits per heavy atom. The highest BCUT2D eigenvalue weighted by atomic mass is 15.1. The van der Waals surface area contributed by atoms with Gasteiger partial charge in [-0.1, -0.05) is 40.0 Å². The van der Waals surface area contributed by atoms with Crippen LogP contribution < -0.4 is 5.32 Å². The maximum Gasteiger partial charge on any atom is 0.110 e. The van der Waals surface area contributed by atoms with E-state index in [1.54, 1.807) is 0 Å². The second-order valence-electron chi connectivity index (χ2n) is 5.39. The Hall–Kier alpha value is -0.830. The van der Waals surface area contributed by atoms with Crippen molar-refractivity contribution in [3.63, 3.8) is 0 Å². The first-order valence-electron chi connectivity index (χ1n) is 8.05. The molecule has 0 fully saturated rings. The third kappa shape index (κ3) is 6.24. The molecular formula is C16H31N3. The van der Waals surface area contributed by atoms with E-state index in [9.17, 15) is 0 Å². The van der Waals surface area contributed by atoms with Crippen LogP contribution in [-0.4, -0.2) is 22.1 Å². The number of unbranched alkanes of at least 4 members (excludes halogenated alkanes) is 2. The van der Waals surface area contributed by atoms with Gasteiger partial charge in [0, 0.05) is 31.4 Å². The number of hydrogen-bond acceptors (Lipinski definition) is 2. The molecule has 1 atom stereocenters. The van der Waals surface area contributed by atoms with Crippen LogP contribution in [0.4, 0.5) is 0 Å². The quantitative estimate of drug-likeness (QED) is 0.617. The SMILES string of the molecule is CCCCCC(Cc1nccn1CCC)NCCC. The molecule has 3 nitrogen and oxygen atoms in total. The molecule has 1 rings (SSSR count). The van der Waals surface area contributed by atoms with Crippen LogP contribution in [0.5, 0.6) is 0 Å². The van der Waals surface area contributed by atoms with E-state index in [-0.39, 0.29) is 0 Å². The Labute approximate surface area is 118 Å². The van der Waals surface area contributed by atoms with Gasteiger partial charge in [-0.15, -0.1) is 0 Å². The van der Waals surface area contributed by atoms with E-state index >= 15 is 0 Å². The van der Waals surface area contributed by atoms with Crippen LogP contribution >= 0.6 is 0 Å². The minimum absolute atomic E-state index is 0.588. The predicted octanol–water partition coefficient (Wildman–Crippen LogP) is 3.78. The summed E-state index contributed by atoms with van der Waals surface area (Å²) in [6, 6.07) is 0.588. The van der Waals surface area contributed by atoms with Gasteiger partial charge in [-0.25, -0.2) is 4.98 Å². The Morgan fingerprint density at radius 3 is 2.68 bits per heavy atom. The smallest absolute Gasteiger partial charge is 0.110 e. The van der Waals surface area contributed by atoms with Gasteiger partial charge in [0.2, 0.25) is 0 Å². The molecule has 0 saturated heterocycles. The highest BCUT2D eigenvalue weighted by Gasteiger charge is 2.12. The molecule has 1 heterocycles. The van der Waals surface area contributed by atoms with Crippen molar-refractivity contribution in [2.24, 2.45) is 0 Å². The van der Waals surface area contributed by atoms with Gasteiger partial charge in [-0.05, 0) is 25.8 Å². The molecule has 0 radical (unpaired) electrons. The largest absolute Gasteiger partial charge is 0.335 e. The first-order chi connectivity index (χ1) is 9.31. The zero-order valence-electron chi connectivity index (χ0n) is 13.0. The van der Waals surface area contributed by atoms with Crippen LogP contribution in [0.3, 0.4) is 0 Å². The second kappa shape index (κ2) is 10.0. The van der Waals surface area contributed by atoms with Crippen molar-refractivity contribution in [2.75, 3.05) is 6.54 Å². The van der Waals surface area contributed by atoms with Crippen LogP contribution in [0.1, 0.15) is 65.1 Å². The maximum absolute atomic E-state index is 4.53. The van der Waals surface area contributed by atoms with Crippen molar-refractivity contribution in [1.29, 1.82) is 0 Å². The summed E-state index contributed by atoms with van der Waals surface area (Å²) in [5.41, 5.74) is 0. The molecule has 0 spiro atoms. The molecule has 0 aromatic carbocycles. The zero-order chi connectivity index (χ0) is 13.9. The number of hydrogen-bond donors (Lipinski definition) is 1. The van der Waals surface area contributed by atoms with Crippen molar-refractivity contribution < 1.29 is 0 Å². The van der Waals surface area contributed by atoms with E-state index in [0.717, 1.165) is 19.5 Å². The summed E-state index contributed by atoms with van der Waals surface area (Å²) in [4.78, 5) is 4.53. The lowest BCUT2D eigenvalue weighted by atomic mass is 10.0. The number of nitrogens with one attached hydrogen (secondary N) is 1. The number of aromatic nitrogens is 2. The molecule has 0 amide bonds. The normalized spacial score (nSPS) is 12.8. The molecule has 19 heavy (non-hydrogen) atoms. The molecule has 1 unspecified atom stereocenters. The van der Waals surface area contributed by atoms with Crippen LogP contribution in [0.25, 0.3) is 0 Å². The molecule has 1 aromatic heterocycles. The standard InChI is InChI=1S/C16H31N3/c1-4-7-8-9-15(17-10-5-2)14-16-18-11-13-19(16)12-6-3/h11,13,15,17H,4-10,12,14H2,1-3H3. The molecule has 0 aliphatic carbocycles. The summed E-state index contributed by atoms with van der Waals surface area (Å²) in [5, 5.41) is 3.68. The lowest BCUT2D eigenvalue weighted by molar-refractivity contribution is 0.441. The summed E-state index contributed by atoms with van der Waals surface area (Å²) >= 11 is 0. The van der Waals surface area contributed by atoms with Gasteiger partial charge in [0.15, 0.2) is 0 Å². The molecule has 1 N–H and O–H groups in total. The number of nitrogens with zero attached hydrogens (tertiary/aromatic N) is 2. The molecule has 0 saturated carbocycles. The Bertz CT molecular complexity index is 320. The molecule has 0 aliphatic heterocycles. The van der Waals surface area contributed by atoms with E-state index < -0.39 is 0 Å². The van der Waals surface area contributed by atoms with E-state index in [1.807, 2.05) is 6.20 Å². The highest BCUT2D eigenvalue weighted by molar-refractivity contribution is 4.95. The van der Waals surface area contributed by atoms with Gasteiger partial charge >= 0.3 is 0 Å². The molecule has 3 heteroatoms. The van der Waals surface area contributed by atoms with Gasteiger partial charge < -0.3 is 9.88 Å². The monoisotopic (exact) mass is 265 g/mol. The topological polar surface area (TPSA) is 29.9 Å². The van der Waals surface area contributed by atoms with Crippen molar-refractivity contribution in [2.45, 2.75) is 78.3 Å². The Balaban J connectivity index is 2.51. The van der Waals surface area contributed by atoms with Crippen molar-refractivity contribution in [1.82, 2.24) is 14.9 Å². The van der Waals surface area contributed by atoms with Gasteiger partial charge in [0.25, 0.3) is 0 Å². The molecule has 0 bridgehead atoms. The lowest BCUT2D eigenvalue weighted by Gasteiger charge is -2.19. The van der Waals surface area contributed by atoms with Crippen LogP contribution in [-0.2, 0) is 13.0 Å². The van der Waals surface area contributed by atoms with Gasteiger partial charge in [0.05, 0.1) is 0 Å². The van der Waals surface area contributed by atoms with Gasteiger partial charge in [0.1, 0.15) is 5.82 Å². The van der Waals surface area contributed by atoms with Crippen molar-refractivity contribution >= 4 is 0 Å². The van der Waals surface area contributed by atoms with Gasteiger partial charge in [-0.2, -0.15) is 0 Å². The second-order valence-corrected chi connectivity index (χ2v) is 5.39. The van der Waals surface area contributed by atoms with Crippen molar-refractivity contribution in [3.8, 4) is 0 Å². The fraction of sp³-hybridized carbons (Fsp3) is 0.812. The first kappa shape index (κ1) is 16.2. The minimum Gasteiger partial charge on any atom is -0.335 e. The summed E-state index contributed by atoms with van der Waals surface area (Å²) < 4.78 is 2.31. The summed E-state index contributed by atoms with van der Waals surface area (Å²) in [6.45, 7) is 8.92. The number of imidazole rings is 1.